The van der Waals surface area contributed by atoms with E-state index in [1.54, 1.807) is 12.5 Å². The van der Waals surface area contributed by atoms with Gasteiger partial charge in [-0.3, -0.25) is 9.55 Å². The van der Waals surface area contributed by atoms with Crippen molar-refractivity contribution in [1.29, 1.82) is 0 Å². The van der Waals surface area contributed by atoms with Crippen LogP contribution in [0.2, 0.25) is 0 Å². The van der Waals surface area contributed by atoms with Crippen LogP contribution in [-0.2, 0) is 10.3 Å². The molecule has 0 spiro atoms. The highest BCUT2D eigenvalue weighted by atomic mass is 16.5. The molecule has 8 nitrogen and oxygen atoms in total. The van der Waals surface area contributed by atoms with Crippen molar-refractivity contribution in [3.63, 3.8) is 0 Å². The molecule has 1 aromatic carbocycles. The van der Waals surface area contributed by atoms with Crippen LogP contribution >= 0.6 is 0 Å². The van der Waals surface area contributed by atoms with Gasteiger partial charge in [0, 0.05) is 23.9 Å². The molecule has 2 aliphatic heterocycles. The number of pyridine rings is 1. The lowest BCUT2D eigenvalue weighted by atomic mass is 9.90. The van der Waals surface area contributed by atoms with E-state index in [0.29, 0.717) is 19.0 Å². The van der Waals surface area contributed by atoms with Crippen molar-refractivity contribution in [2.75, 3.05) is 24.7 Å². The van der Waals surface area contributed by atoms with Gasteiger partial charge in [-0.2, -0.15) is 0 Å². The number of ether oxygens (including phenoxy) is 1. The van der Waals surface area contributed by atoms with Gasteiger partial charge in [-0.05, 0) is 18.6 Å². The van der Waals surface area contributed by atoms with Crippen molar-refractivity contribution in [1.82, 2.24) is 29.7 Å². The fourth-order valence-electron chi connectivity index (χ4n) is 4.64. The summed E-state index contributed by atoms with van der Waals surface area (Å²) in [6.45, 7) is 4.10. The lowest BCUT2D eigenvalue weighted by Gasteiger charge is -2.49. The molecule has 5 heterocycles. The highest BCUT2D eigenvalue weighted by Crippen LogP contribution is 2.44. The minimum Gasteiger partial charge on any atom is -0.377 e. The van der Waals surface area contributed by atoms with Gasteiger partial charge in [0.05, 0.1) is 25.1 Å². The largest absolute Gasteiger partial charge is 0.377 e. The summed E-state index contributed by atoms with van der Waals surface area (Å²) < 4.78 is 7.89. The van der Waals surface area contributed by atoms with Crippen molar-refractivity contribution >= 4 is 5.82 Å². The molecule has 3 aromatic heterocycles. The molecular weight excluding hydrogens is 390 g/mol. The Morgan fingerprint density at radius 1 is 1.10 bits per heavy atom. The lowest BCUT2D eigenvalue weighted by Crippen LogP contribution is -2.58. The van der Waals surface area contributed by atoms with Crippen LogP contribution in [0.25, 0.3) is 28.3 Å². The average Bonchev–Trinajstić information content (AvgIpc) is 3.35. The molecule has 1 fully saturated rings. The highest BCUT2D eigenvalue weighted by molar-refractivity contribution is 5.78. The minimum atomic E-state index is -0.384. The van der Waals surface area contributed by atoms with Gasteiger partial charge in [0.2, 0.25) is 0 Å². The minimum absolute atomic E-state index is 0.384. The molecule has 1 atom stereocenters. The zero-order valence-corrected chi connectivity index (χ0v) is 17.1. The number of hydrogen-bond donors (Lipinski definition) is 0. The SMILES string of the molecule is CC[C@]12COCCN1c1nc(-c3cccnc3-c3ccccc3)ncc1-n1cnnc12. The predicted octanol–water partition coefficient (Wildman–Crippen LogP) is 3.24. The quantitative estimate of drug-likeness (QED) is 0.512. The van der Waals surface area contributed by atoms with Crippen LogP contribution in [0.3, 0.4) is 0 Å². The third kappa shape index (κ3) is 2.61. The van der Waals surface area contributed by atoms with Gasteiger partial charge in [0.25, 0.3) is 0 Å². The first kappa shape index (κ1) is 18.1. The Balaban J connectivity index is 1.55. The zero-order chi connectivity index (χ0) is 20.8. The monoisotopic (exact) mass is 411 g/mol. The standard InChI is InChI=1S/C23H21N7O/c1-2-23-14-31-12-11-30(23)21-18(29-15-26-28-22(23)29)13-25-20(27-21)17-9-6-10-24-19(17)16-7-4-3-5-8-16/h3-10,13,15H,2,11-12,14H2,1H3/t23-/m1/s1. The van der Waals surface area contributed by atoms with E-state index in [2.05, 4.69) is 39.1 Å². The maximum Gasteiger partial charge on any atom is 0.165 e. The molecule has 1 saturated heterocycles. The summed E-state index contributed by atoms with van der Waals surface area (Å²) in [7, 11) is 0. The Labute approximate surface area is 179 Å². The Kier molecular flexibility index (Phi) is 4.07. The van der Waals surface area contributed by atoms with E-state index in [0.717, 1.165) is 47.1 Å². The van der Waals surface area contributed by atoms with Crippen LogP contribution in [0.1, 0.15) is 19.2 Å². The molecule has 0 saturated carbocycles. The van der Waals surface area contributed by atoms with Crippen LogP contribution < -0.4 is 4.90 Å². The second kappa shape index (κ2) is 6.95. The molecule has 0 amide bonds. The first-order valence-electron chi connectivity index (χ1n) is 10.5. The zero-order valence-electron chi connectivity index (χ0n) is 17.1. The summed E-state index contributed by atoms with van der Waals surface area (Å²) in [6.07, 6.45) is 6.24. The van der Waals surface area contributed by atoms with E-state index in [1.165, 1.54) is 0 Å². The van der Waals surface area contributed by atoms with E-state index >= 15 is 0 Å². The normalized spacial score (nSPS) is 19.5. The van der Waals surface area contributed by atoms with Gasteiger partial charge >= 0.3 is 0 Å². The summed E-state index contributed by atoms with van der Waals surface area (Å²) in [5.74, 6) is 2.41. The number of nitrogens with zero attached hydrogens (tertiary/aromatic N) is 7. The number of fused-ring (bicyclic) bond motifs is 6. The van der Waals surface area contributed by atoms with E-state index in [4.69, 9.17) is 14.7 Å². The first-order chi connectivity index (χ1) is 15.3. The molecule has 2 aliphatic rings. The van der Waals surface area contributed by atoms with Gasteiger partial charge in [-0.15, -0.1) is 10.2 Å². The Morgan fingerprint density at radius 3 is 2.87 bits per heavy atom. The molecule has 6 rings (SSSR count). The van der Waals surface area contributed by atoms with Gasteiger partial charge in [0.1, 0.15) is 17.6 Å². The number of aromatic nitrogens is 6. The van der Waals surface area contributed by atoms with Crippen molar-refractivity contribution in [3.8, 4) is 28.3 Å². The lowest BCUT2D eigenvalue weighted by molar-refractivity contribution is 0.0391. The highest BCUT2D eigenvalue weighted by Gasteiger charge is 2.48. The summed E-state index contributed by atoms with van der Waals surface area (Å²) >= 11 is 0. The molecule has 0 aliphatic carbocycles. The van der Waals surface area contributed by atoms with E-state index in [9.17, 15) is 0 Å². The fourth-order valence-corrected chi connectivity index (χ4v) is 4.64. The smallest absolute Gasteiger partial charge is 0.165 e. The predicted molar refractivity (Wildman–Crippen MR) is 116 cm³/mol. The number of morpholine rings is 1. The Morgan fingerprint density at radius 2 is 2.00 bits per heavy atom. The molecule has 0 N–H and O–H groups in total. The topological polar surface area (TPSA) is 81.9 Å². The van der Waals surface area contributed by atoms with Crippen molar-refractivity contribution in [2.45, 2.75) is 18.9 Å². The maximum absolute atomic E-state index is 5.89. The van der Waals surface area contributed by atoms with Crippen LogP contribution in [0, 0.1) is 0 Å². The van der Waals surface area contributed by atoms with Gasteiger partial charge in [0.15, 0.2) is 17.5 Å². The summed E-state index contributed by atoms with van der Waals surface area (Å²) in [5.41, 5.74) is 3.31. The number of hydrogen-bond acceptors (Lipinski definition) is 7. The second-order valence-corrected chi connectivity index (χ2v) is 7.78. The van der Waals surface area contributed by atoms with Gasteiger partial charge in [-0.1, -0.05) is 37.3 Å². The van der Waals surface area contributed by atoms with Crippen LogP contribution in [0.4, 0.5) is 5.82 Å². The van der Waals surface area contributed by atoms with Crippen molar-refractivity contribution in [2.24, 2.45) is 0 Å². The van der Waals surface area contributed by atoms with Crippen LogP contribution in [0.15, 0.2) is 61.2 Å². The van der Waals surface area contributed by atoms with Crippen LogP contribution in [-0.4, -0.2) is 49.5 Å². The summed E-state index contributed by atoms with van der Waals surface area (Å²) in [4.78, 5) is 16.8. The number of benzene rings is 1. The van der Waals surface area contributed by atoms with E-state index < -0.39 is 0 Å². The van der Waals surface area contributed by atoms with Gasteiger partial charge in [-0.25, -0.2) is 9.97 Å². The molecule has 0 bridgehead atoms. The molecule has 31 heavy (non-hydrogen) atoms. The Bertz CT molecular complexity index is 1260. The number of anilines is 1. The Hall–Kier alpha value is -3.65. The molecular formula is C23H21N7O. The van der Waals surface area contributed by atoms with E-state index in [-0.39, 0.29) is 5.54 Å². The molecule has 0 unspecified atom stereocenters. The number of rotatable bonds is 3. The fraction of sp³-hybridized carbons (Fsp3) is 0.261. The summed E-state index contributed by atoms with van der Waals surface area (Å²) in [6, 6.07) is 14.1. The van der Waals surface area contributed by atoms with E-state index in [1.807, 2.05) is 41.1 Å². The molecule has 0 radical (unpaired) electrons. The van der Waals surface area contributed by atoms with Crippen LogP contribution in [0.5, 0.6) is 0 Å². The molecule has 4 aromatic rings. The second-order valence-electron chi connectivity index (χ2n) is 7.78. The van der Waals surface area contributed by atoms with Crippen molar-refractivity contribution < 1.29 is 4.74 Å². The summed E-state index contributed by atoms with van der Waals surface area (Å²) in [5, 5.41) is 8.63. The molecule has 8 heteroatoms. The maximum atomic E-state index is 5.89. The third-order valence-electron chi connectivity index (χ3n) is 6.23. The molecule has 154 valence electrons. The van der Waals surface area contributed by atoms with Gasteiger partial charge < -0.3 is 9.64 Å². The average molecular weight is 411 g/mol. The third-order valence-corrected chi connectivity index (χ3v) is 6.23. The first-order valence-corrected chi connectivity index (χ1v) is 10.5. The van der Waals surface area contributed by atoms with Crippen molar-refractivity contribution in [3.05, 3.63) is 67.0 Å².